The SMILES string of the molecule is Cc1cccc(-c2nc(CC(=O)N3CCNC[C@@H]3C)cs2)c1.Cl.Cl. The zero-order valence-electron chi connectivity index (χ0n) is 13.8. The lowest BCUT2D eigenvalue weighted by molar-refractivity contribution is -0.133. The molecule has 1 fully saturated rings. The Hall–Kier alpha value is -1.14. The van der Waals surface area contributed by atoms with E-state index in [0.29, 0.717) is 6.42 Å². The van der Waals surface area contributed by atoms with Gasteiger partial charge in [0.15, 0.2) is 0 Å². The predicted molar refractivity (Wildman–Crippen MR) is 105 cm³/mol. The third-order valence-corrected chi connectivity index (χ3v) is 4.91. The summed E-state index contributed by atoms with van der Waals surface area (Å²) in [7, 11) is 0. The number of aryl methyl sites for hydroxylation is 1. The second-order valence-electron chi connectivity index (χ2n) is 5.83. The molecule has 0 unspecified atom stereocenters. The van der Waals surface area contributed by atoms with E-state index in [4.69, 9.17) is 0 Å². The van der Waals surface area contributed by atoms with Gasteiger partial charge in [0.2, 0.25) is 5.91 Å². The van der Waals surface area contributed by atoms with Crippen molar-refractivity contribution in [3.8, 4) is 10.6 Å². The van der Waals surface area contributed by atoms with E-state index >= 15 is 0 Å². The van der Waals surface area contributed by atoms with Crippen molar-refractivity contribution in [2.45, 2.75) is 26.3 Å². The molecule has 3 rings (SSSR count). The van der Waals surface area contributed by atoms with Crippen molar-refractivity contribution >= 4 is 42.1 Å². The van der Waals surface area contributed by atoms with Crippen LogP contribution in [0.4, 0.5) is 0 Å². The minimum absolute atomic E-state index is 0. The van der Waals surface area contributed by atoms with Crippen LogP contribution in [0.3, 0.4) is 0 Å². The number of hydrogen-bond donors (Lipinski definition) is 1. The molecule has 1 aliphatic heterocycles. The van der Waals surface area contributed by atoms with Gasteiger partial charge in [-0.15, -0.1) is 36.2 Å². The number of benzene rings is 1. The number of aromatic nitrogens is 1. The predicted octanol–water partition coefficient (Wildman–Crippen LogP) is 3.32. The van der Waals surface area contributed by atoms with E-state index < -0.39 is 0 Å². The van der Waals surface area contributed by atoms with Gasteiger partial charge < -0.3 is 10.2 Å². The number of piperazine rings is 1. The van der Waals surface area contributed by atoms with E-state index in [0.717, 1.165) is 35.9 Å². The number of hydrogen-bond acceptors (Lipinski definition) is 4. The lowest BCUT2D eigenvalue weighted by atomic mass is 10.1. The van der Waals surface area contributed by atoms with E-state index in [-0.39, 0.29) is 36.8 Å². The van der Waals surface area contributed by atoms with Crippen LogP contribution in [0.2, 0.25) is 0 Å². The van der Waals surface area contributed by atoms with Gasteiger partial charge in [-0.05, 0) is 19.9 Å². The fourth-order valence-electron chi connectivity index (χ4n) is 2.77. The fraction of sp³-hybridized carbons (Fsp3) is 0.412. The molecule has 0 spiro atoms. The number of amides is 1. The van der Waals surface area contributed by atoms with Crippen LogP contribution in [-0.2, 0) is 11.2 Å². The largest absolute Gasteiger partial charge is 0.337 e. The van der Waals surface area contributed by atoms with Crippen molar-refractivity contribution < 1.29 is 4.79 Å². The van der Waals surface area contributed by atoms with Crippen molar-refractivity contribution in [1.82, 2.24) is 15.2 Å². The molecule has 2 aromatic rings. The molecule has 0 saturated carbocycles. The number of carbonyl (C=O) groups is 1. The molecule has 1 atom stereocenters. The number of nitrogens with one attached hydrogen (secondary N) is 1. The number of nitrogens with zero attached hydrogens (tertiary/aromatic N) is 2. The van der Waals surface area contributed by atoms with Crippen LogP contribution in [0.5, 0.6) is 0 Å². The van der Waals surface area contributed by atoms with Crippen LogP contribution in [-0.4, -0.2) is 41.5 Å². The van der Waals surface area contributed by atoms with E-state index in [2.05, 4.69) is 42.3 Å². The highest BCUT2D eigenvalue weighted by Gasteiger charge is 2.23. The van der Waals surface area contributed by atoms with Crippen LogP contribution in [0.15, 0.2) is 29.6 Å². The Morgan fingerprint density at radius 1 is 1.42 bits per heavy atom. The van der Waals surface area contributed by atoms with Crippen LogP contribution >= 0.6 is 36.2 Å². The summed E-state index contributed by atoms with van der Waals surface area (Å²) in [5.74, 6) is 0.176. The summed E-state index contributed by atoms with van der Waals surface area (Å²) < 4.78 is 0. The van der Waals surface area contributed by atoms with Crippen LogP contribution in [0.1, 0.15) is 18.2 Å². The first-order valence-electron chi connectivity index (χ1n) is 7.65. The van der Waals surface area contributed by atoms with E-state index in [1.54, 1.807) is 11.3 Å². The number of carbonyl (C=O) groups excluding carboxylic acids is 1. The Bertz CT molecular complexity index is 677. The molecular weight excluding hydrogens is 365 g/mol. The molecule has 1 aromatic carbocycles. The number of thiazole rings is 1. The molecule has 0 bridgehead atoms. The lowest BCUT2D eigenvalue weighted by Gasteiger charge is -2.33. The highest BCUT2D eigenvalue weighted by molar-refractivity contribution is 7.13. The minimum atomic E-state index is 0. The molecule has 132 valence electrons. The Labute approximate surface area is 159 Å². The van der Waals surface area contributed by atoms with Gasteiger partial charge in [-0.25, -0.2) is 4.98 Å². The van der Waals surface area contributed by atoms with Crippen LogP contribution < -0.4 is 5.32 Å². The molecule has 1 aliphatic rings. The molecule has 4 nitrogen and oxygen atoms in total. The lowest BCUT2D eigenvalue weighted by Crippen LogP contribution is -2.52. The van der Waals surface area contributed by atoms with Crippen molar-refractivity contribution in [2.24, 2.45) is 0 Å². The van der Waals surface area contributed by atoms with Gasteiger partial charge in [0.1, 0.15) is 5.01 Å². The summed E-state index contributed by atoms with van der Waals surface area (Å²) in [6, 6.07) is 8.57. The molecule has 24 heavy (non-hydrogen) atoms. The van der Waals surface area contributed by atoms with Gasteiger partial charge in [-0.2, -0.15) is 0 Å². The zero-order chi connectivity index (χ0) is 15.5. The quantitative estimate of drug-likeness (QED) is 0.878. The summed E-state index contributed by atoms with van der Waals surface area (Å²) in [5.41, 5.74) is 3.22. The molecular formula is C17H23Cl2N3OS. The van der Waals surface area contributed by atoms with Crippen molar-refractivity contribution in [3.63, 3.8) is 0 Å². The van der Waals surface area contributed by atoms with Crippen molar-refractivity contribution in [2.75, 3.05) is 19.6 Å². The van der Waals surface area contributed by atoms with Crippen molar-refractivity contribution in [1.29, 1.82) is 0 Å². The first kappa shape index (κ1) is 20.9. The average molecular weight is 388 g/mol. The maximum absolute atomic E-state index is 12.4. The Morgan fingerprint density at radius 2 is 2.21 bits per heavy atom. The molecule has 1 amide bonds. The summed E-state index contributed by atoms with van der Waals surface area (Å²) >= 11 is 1.61. The van der Waals surface area contributed by atoms with Gasteiger partial charge in [0.05, 0.1) is 12.1 Å². The number of rotatable bonds is 3. The average Bonchev–Trinajstić information content (AvgIpc) is 2.96. The summed E-state index contributed by atoms with van der Waals surface area (Å²) in [5, 5.41) is 6.30. The normalized spacial score (nSPS) is 16.9. The van der Waals surface area contributed by atoms with Gasteiger partial charge in [-0.3, -0.25) is 4.79 Å². The van der Waals surface area contributed by atoms with E-state index in [9.17, 15) is 4.79 Å². The van der Waals surface area contributed by atoms with Gasteiger partial charge in [-0.1, -0.05) is 23.8 Å². The minimum Gasteiger partial charge on any atom is -0.337 e. The van der Waals surface area contributed by atoms with Crippen molar-refractivity contribution in [3.05, 3.63) is 40.9 Å². The number of halogens is 2. The van der Waals surface area contributed by atoms with Gasteiger partial charge in [0.25, 0.3) is 0 Å². The van der Waals surface area contributed by atoms with Gasteiger partial charge >= 0.3 is 0 Å². The Kier molecular flexibility index (Phi) is 8.16. The summed E-state index contributed by atoms with van der Waals surface area (Å²) in [6.45, 7) is 6.70. The molecule has 7 heteroatoms. The fourth-order valence-corrected chi connectivity index (χ4v) is 3.58. The highest BCUT2D eigenvalue weighted by atomic mass is 35.5. The first-order chi connectivity index (χ1) is 10.6. The molecule has 2 heterocycles. The maximum Gasteiger partial charge on any atom is 0.228 e. The second kappa shape index (κ2) is 9.37. The standard InChI is InChI=1S/C17H21N3OS.2ClH/c1-12-4-3-5-14(8-12)17-19-15(11-22-17)9-16(21)20-7-6-18-10-13(20)2;;/h3-5,8,11,13,18H,6-7,9-10H2,1-2H3;2*1H/t13-;;/m0../s1. The Morgan fingerprint density at radius 3 is 2.92 bits per heavy atom. The van der Waals surface area contributed by atoms with E-state index in [1.165, 1.54) is 5.56 Å². The van der Waals surface area contributed by atoms with Gasteiger partial charge in [0, 0.05) is 36.6 Å². The summed E-state index contributed by atoms with van der Waals surface area (Å²) in [4.78, 5) is 19.0. The van der Waals surface area contributed by atoms with Crippen LogP contribution in [0, 0.1) is 6.92 Å². The zero-order valence-corrected chi connectivity index (χ0v) is 16.3. The maximum atomic E-state index is 12.4. The molecule has 1 aromatic heterocycles. The topological polar surface area (TPSA) is 45.2 Å². The first-order valence-corrected chi connectivity index (χ1v) is 8.53. The van der Waals surface area contributed by atoms with E-state index in [1.807, 2.05) is 16.3 Å². The third-order valence-electron chi connectivity index (χ3n) is 3.97. The summed E-state index contributed by atoms with van der Waals surface area (Å²) in [6.07, 6.45) is 0.395. The molecule has 0 aliphatic carbocycles. The molecule has 0 radical (unpaired) electrons. The van der Waals surface area contributed by atoms with Crippen LogP contribution in [0.25, 0.3) is 10.6 Å². The smallest absolute Gasteiger partial charge is 0.228 e. The Balaban J connectivity index is 0.00000144. The monoisotopic (exact) mass is 387 g/mol. The third kappa shape index (κ3) is 4.93. The molecule has 1 saturated heterocycles. The second-order valence-corrected chi connectivity index (χ2v) is 6.69. The molecule has 1 N–H and O–H groups in total. The highest BCUT2D eigenvalue weighted by Crippen LogP contribution is 2.24.